The Bertz CT molecular complexity index is 211. The molecule has 0 aromatic carbocycles. The Morgan fingerprint density at radius 1 is 1.47 bits per heavy atom. The molecule has 0 aliphatic carbocycles. The first-order valence-corrected chi connectivity index (χ1v) is 5.67. The summed E-state index contributed by atoms with van der Waals surface area (Å²) >= 11 is 0. The van der Waals surface area contributed by atoms with Crippen molar-refractivity contribution in [1.82, 2.24) is 10.8 Å². The van der Waals surface area contributed by atoms with Crippen LogP contribution < -0.4 is 10.8 Å². The molecule has 1 saturated heterocycles. The van der Waals surface area contributed by atoms with E-state index in [1.54, 1.807) is 0 Å². The lowest BCUT2D eigenvalue weighted by atomic mass is 9.80. The standard InChI is InChI=1S/C11H22N2O2/c1-9(2)8-15-13-10(14)11(3)4-6-12-7-5-11/h9,12H,4-8H2,1-3H3,(H,13,14). The molecule has 4 heteroatoms. The van der Waals surface area contributed by atoms with E-state index in [4.69, 9.17) is 4.84 Å². The van der Waals surface area contributed by atoms with Gasteiger partial charge in [0.1, 0.15) is 0 Å². The van der Waals surface area contributed by atoms with Crippen LogP contribution >= 0.6 is 0 Å². The van der Waals surface area contributed by atoms with Gasteiger partial charge >= 0.3 is 0 Å². The zero-order valence-electron chi connectivity index (χ0n) is 9.93. The van der Waals surface area contributed by atoms with E-state index >= 15 is 0 Å². The number of nitrogens with one attached hydrogen (secondary N) is 2. The molecule has 0 unspecified atom stereocenters. The van der Waals surface area contributed by atoms with Gasteiger partial charge in [-0.2, -0.15) is 0 Å². The topological polar surface area (TPSA) is 50.4 Å². The van der Waals surface area contributed by atoms with Gasteiger partial charge in [0.15, 0.2) is 0 Å². The zero-order valence-corrected chi connectivity index (χ0v) is 9.93. The highest BCUT2D eigenvalue weighted by Gasteiger charge is 2.34. The van der Waals surface area contributed by atoms with Crippen molar-refractivity contribution in [3.63, 3.8) is 0 Å². The smallest absolute Gasteiger partial charge is 0.249 e. The van der Waals surface area contributed by atoms with Crippen LogP contribution in [-0.4, -0.2) is 25.6 Å². The molecule has 0 bridgehead atoms. The van der Waals surface area contributed by atoms with Gasteiger partial charge in [-0.15, -0.1) is 0 Å². The summed E-state index contributed by atoms with van der Waals surface area (Å²) in [6.07, 6.45) is 1.76. The minimum Gasteiger partial charge on any atom is -0.317 e. The van der Waals surface area contributed by atoms with Crippen molar-refractivity contribution in [2.24, 2.45) is 11.3 Å². The van der Waals surface area contributed by atoms with Crippen LogP contribution in [0.5, 0.6) is 0 Å². The molecule has 0 aromatic rings. The van der Waals surface area contributed by atoms with Gasteiger partial charge < -0.3 is 5.32 Å². The van der Waals surface area contributed by atoms with Gasteiger partial charge in [0.2, 0.25) is 5.91 Å². The summed E-state index contributed by atoms with van der Waals surface area (Å²) < 4.78 is 0. The van der Waals surface area contributed by atoms with Crippen molar-refractivity contribution >= 4 is 5.91 Å². The third-order valence-electron chi connectivity index (χ3n) is 2.84. The van der Waals surface area contributed by atoms with Gasteiger partial charge in [0.05, 0.1) is 12.0 Å². The maximum Gasteiger partial charge on any atom is 0.249 e. The Balaban J connectivity index is 2.31. The van der Waals surface area contributed by atoms with E-state index in [-0.39, 0.29) is 11.3 Å². The molecular formula is C11H22N2O2. The second-order valence-electron chi connectivity index (χ2n) is 4.95. The number of hydroxylamine groups is 1. The molecule has 1 heterocycles. The van der Waals surface area contributed by atoms with Gasteiger partial charge in [0.25, 0.3) is 0 Å². The maximum absolute atomic E-state index is 11.8. The van der Waals surface area contributed by atoms with Crippen LogP contribution in [0.25, 0.3) is 0 Å². The lowest BCUT2D eigenvalue weighted by Gasteiger charge is -2.32. The Morgan fingerprint density at radius 3 is 2.60 bits per heavy atom. The second-order valence-corrected chi connectivity index (χ2v) is 4.95. The highest BCUT2D eigenvalue weighted by Crippen LogP contribution is 2.27. The molecule has 0 atom stereocenters. The first-order valence-electron chi connectivity index (χ1n) is 5.67. The molecule has 4 nitrogen and oxygen atoms in total. The van der Waals surface area contributed by atoms with Gasteiger partial charge in [-0.1, -0.05) is 20.8 Å². The van der Waals surface area contributed by atoms with Gasteiger partial charge in [0, 0.05) is 0 Å². The van der Waals surface area contributed by atoms with Crippen molar-refractivity contribution in [1.29, 1.82) is 0 Å². The largest absolute Gasteiger partial charge is 0.317 e. The molecule has 88 valence electrons. The molecule has 1 fully saturated rings. The Morgan fingerprint density at radius 2 is 2.07 bits per heavy atom. The Labute approximate surface area is 91.7 Å². The molecule has 0 saturated carbocycles. The molecule has 1 aliphatic heterocycles. The summed E-state index contributed by atoms with van der Waals surface area (Å²) in [4.78, 5) is 17.0. The average Bonchev–Trinajstić information content (AvgIpc) is 2.18. The summed E-state index contributed by atoms with van der Waals surface area (Å²) in [5.41, 5.74) is 2.30. The fraction of sp³-hybridized carbons (Fsp3) is 0.909. The SMILES string of the molecule is CC(C)CONC(=O)C1(C)CCNCC1. The molecule has 1 aliphatic rings. The van der Waals surface area contributed by atoms with Crippen LogP contribution in [0.4, 0.5) is 0 Å². The first kappa shape index (κ1) is 12.5. The van der Waals surface area contributed by atoms with Crippen LogP contribution in [0.1, 0.15) is 33.6 Å². The summed E-state index contributed by atoms with van der Waals surface area (Å²) in [6, 6.07) is 0. The van der Waals surface area contributed by atoms with Crippen LogP contribution in [-0.2, 0) is 9.63 Å². The fourth-order valence-corrected chi connectivity index (χ4v) is 1.60. The molecule has 0 radical (unpaired) electrons. The summed E-state index contributed by atoms with van der Waals surface area (Å²) in [5, 5.41) is 3.25. The molecule has 1 amide bonds. The minimum absolute atomic E-state index is 0.0182. The first-order chi connectivity index (χ1) is 7.04. The molecule has 1 rings (SSSR count). The molecule has 2 N–H and O–H groups in total. The number of hydrogen-bond acceptors (Lipinski definition) is 3. The van der Waals surface area contributed by atoms with E-state index in [1.807, 2.05) is 6.92 Å². The third-order valence-corrected chi connectivity index (χ3v) is 2.84. The van der Waals surface area contributed by atoms with Crippen molar-refractivity contribution in [2.75, 3.05) is 19.7 Å². The molecule has 0 aromatic heterocycles. The van der Waals surface area contributed by atoms with Gasteiger partial charge in [-0.05, 0) is 31.8 Å². The Kier molecular flexibility index (Phi) is 4.54. The fourth-order valence-electron chi connectivity index (χ4n) is 1.60. The second kappa shape index (κ2) is 5.47. The van der Waals surface area contributed by atoms with Crippen molar-refractivity contribution < 1.29 is 9.63 Å². The number of piperidine rings is 1. The van der Waals surface area contributed by atoms with Crippen molar-refractivity contribution in [3.8, 4) is 0 Å². The normalized spacial score (nSPS) is 20.3. The molecular weight excluding hydrogens is 192 g/mol. The highest BCUT2D eigenvalue weighted by atomic mass is 16.7. The summed E-state index contributed by atoms with van der Waals surface area (Å²) in [7, 11) is 0. The van der Waals surface area contributed by atoms with E-state index in [2.05, 4.69) is 24.6 Å². The van der Waals surface area contributed by atoms with E-state index in [1.165, 1.54) is 0 Å². The monoisotopic (exact) mass is 214 g/mol. The van der Waals surface area contributed by atoms with Crippen LogP contribution in [0.15, 0.2) is 0 Å². The Hall–Kier alpha value is -0.610. The number of carbonyl (C=O) groups excluding carboxylic acids is 1. The number of rotatable bonds is 4. The van der Waals surface area contributed by atoms with Crippen LogP contribution in [0.3, 0.4) is 0 Å². The van der Waals surface area contributed by atoms with Crippen LogP contribution in [0.2, 0.25) is 0 Å². The van der Waals surface area contributed by atoms with Crippen molar-refractivity contribution in [3.05, 3.63) is 0 Å². The number of carbonyl (C=O) groups is 1. The van der Waals surface area contributed by atoms with Gasteiger partial charge in [-0.3, -0.25) is 9.63 Å². The quantitative estimate of drug-likeness (QED) is 0.688. The highest BCUT2D eigenvalue weighted by molar-refractivity contribution is 5.81. The predicted molar refractivity (Wildman–Crippen MR) is 59.1 cm³/mol. The number of amides is 1. The lowest BCUT2D eigenvalue weighted by molar-refractivity contribution is -0.145. The third kappa shape index (κ3) is 3.80. The lowest BCUT2D eigenvalue weighted by Crippen LogP contribution is -2.46. The van der Waals surface area contributed by atoms with Crippen LogP contribution in [0, 0.1) is 11.3 Å². The van der Waals surface area contributed by atoms with Gasteiger partial charge in [-0.25, -0.2) is 5.48 Å². The molecule has 15 heavy (non-hydrogen) atoms. The van der Waals surface area contributed by atoms with E-state index in [9.17, 15) is 4.79 Å². The number of hydrogen-bond donors (Lipinski definition) is 2. The average molecular weight is 214 g/mol. The van der Waals surface area contributed by atoms with Crippen molar-refractivity contribution in [2.45, 2.75) is 33.6 Å². The minimum atomic E-state index is -0.262. The summed E-state index contributed by atoms with van der Waals surface area (Å²) in [5.74, 6) is 0.454. The van der Waals surface area contributed by atoms with E-state index in [0.717, 1.165) is 25.9 Å². The van der Waals surface area contributed by atoms with E-state index in [0.29, 0.717) is 12.5 Å². The van der Waals surface area contributed by atoms with E-state index < -0.39 is 0 Å². The maximum atomic E-state index is 11.8. The zero-order chi connectivity index (χ0) is 11.3. The summed E-state index contributed by atoms with van der Waals surface area (Å²) in [6.45, 7) is 8.50. The molecule has 0 spiro atoms. The predicted octanol–water partition coefficient (Wildman–Crippen LogP) is 1.08.